The van der Waals surface area contributed by atoms with Gasteiger partial charge in [0.1, 0.15) is 5.82 Å². The van der Waals surface area contributed by atoms with E-state index in [9.17, 15) is 0 Å². The minimum absolute atomic E-state index is 0.717. The molecule has 0 spiro atoms. The van der Waals surface area contributed by atoms with E-state index >= 15 is 0 Å². The Labute approximate surface area is 122 Å². The molecule has 112 valence electrons. The van der Waals surface area contributed by atoms with E-state index in [1.54, 1.807) is 7.11 Å². The van der Waals surface area contributed by atoms with E-state index in [0.29, 0.717) is 6.04 Å². The van der Waals surface area contributed by atoms with E-state index in [0.717, 1.165) is 26.2 Å². The third kappa shape index (κ3) is 4.46. The van der Waals surface area contributed by atoms with Gasteiger partial charge in [-0.3, -0.25) is 0 Å². The monoisotopic (exact) mass is 277 g/mol. The molecule has 4 heteroatoms. The first-order valence-electron chi connectivity index (χ1n) is 7.77. The quantitative estimate of drug-likeness (QED) is 0.667. The molecule has 1 saturated carbocycles. The molecule has 1 aliphatic carbocycles. The number of rotatable bonds is 10. The van der Waals surface area contributed by atoms with E-state index in [4.69, 9.17) is 4.74 Å². The lowest BCUT2D eigenvalue weighted by molar-refractivity contribution is 0.199. The van der Waals surface area contributed by atoms with Crippen molar-refractivity contribution in [2.45, 2.75) is 45.2 Å². The van der Waals surface area contributed by atoms with Crippen molar-refractivity contribution in [2.75, 3.05) is 31.7 Å². The first-order chi connectivity index (χ1) is 9.86. The molecule has 0 unspecified atom stereocenters. The summed E-state index contributed by atoms with van der Waals surface area (Å²) in [6.45, 7) is 5.86. The second kappa shape index (κ2) is 8.22. The highest BCUT2D eigenvalue weighted by molar-refractivity contribution is 5.48. The van der Waals surface area contributed by atoms with Crippen LogP contribution in [0, 0.1) is 0 Å². The number of anilines is 1. The highest BCUT2D eigenvalue weighted by atomic mass is 16.5. The van der Waals surface area contributed by atoms with Crippen LogP contribution in [0.25, 0.3) is 0 Å². The van der Waals surface area contributed by atoms with Gasteiger partial charge in [0, 0.05) is 44.5 Å². The zero-order valence-corrected chi connectivity index (χ0v) is 12.8. The molecule has 1 heterocycles. The van der Waals surface area contributed by atoms with Crippen LogP contribution in [0.4, 0.5) is 5.82 Å². The molecule has 0 amide bonds. The topological polar surface area (TPSA) is 37.4 Å². The van der Waals surface area contributed by atoms with Crippen LogP contribution in [-0.2, 0) is 11.3 Å². The number of aromatic nitrogens is 1. The maximum atomic E-state index is 5.07. The summed E-state index contributed by atoms with van der Waals surface area (Å²) >= 11 is 0. The van der Waals surface area contributed by atoms with Crippen molar-refractivity contribution in [1.82, 2.24) is 10.3 Å². The van der Waals surface area contributed by atoms with Gasteiger partial charge in [0.25, 0.3) is 0 Å². The lowest BCUT2D eigenvalue weighted by atomic mass is 10.2. The summed E-state index contributed by atoms with van der Waals surface area (Å²) in [6.07, 6.45) is 7.02. The predicted molar refractivity (Wildman–Crippen MR) is 83.1 cm³/mol. The van der Waals surface area contributed by atoms with E-state index in [1.165, 1.54) is 37.1 Å². The predicted octanol–water partition coefficient (Wildman–Crippen LogP) is 2.59. The Hall–Kier alpha value is -1.13. The van der Waals surface area contributed by atoms with Crippen molar-refractivity contribution in [3.8, 4) is 0 Å². The van der Waals surface area contributed by atoms with Gasteiger partial charge in [0.2, 0.25) is 0 Å². The van der Waals surface area contributed by atoms with Crippen LogP contribution >= 0.6 is 0 Å². The normalized spacial score (nSPS) is 14.5. The minimum atomic E-state index is 0.717. The molecule has 0 saturated heterocycles. The van der Waals surface area contributed by atoms with Gasteiger partial charge in [-0.1, -0.05) is 19.4 Å². The van der Waals surface area contributed by atoms with Gasteiger partial charge < -0.3 is 15.0 Å². The summed E-state index contributed by atoms with van der Waals surface area (Å²) in [4.78, 5) is 7.16. The summed E-state index contributed by atoms with van der Waals surface area (Å²) < 4.78 is 5.07. The highest BCUT2D eigenvalue weighted by Gasteiger charge is 2.30. The smallest absolute Gasteiger partial charge is 0.133 e. The van der Waals surface area contributed by atoms with Crippen molar-refractivity contribution in [1.29, 1.82) is 0 Å². The molecule has 0 radical (unpaired) electrons. The van der Waals surface area contributed by atoms with Crippen molar-refractivity contribution >= 4 is 5.82 Å². The van der Waals surface area contributed by atoms with Gasteiger partial charge in [-0.2, -0.15) is 0 Å². The summed E-state index contributed by atoms with van der Waals surface area (Å²) in [6, 6.07) is 4.93. The van der Waals surface area contributed by atoms with Gasteiger partial charge in [-0.25, -0.2) is 4.98 Å². The maximum Gasteiger partial charge on any atom is 0.133 e. The van der Waals surface area contributed by atoms with E-state index < -0.39 is 0 Å². The number of methoxy groups -OCH3 is 1. The first-order valence-corrected chi connectivity index (χ1v) is 7.77. The van der Waals surface area contributed by atoms with Crippen LogP contribution < -0.4 is 10.2 Å². The fraction of sp³-hybridized carbons (Fsp3) is 0.688. The third-order valence-electron chi connectivity index (χ3n) is 3.68. The lowest BCUT2D eigenvalue weighted by Gasteiger charge is -2.25. The molecule has 0 atom stereocenters. The van der Waals surface area contributed by atoms with Crippen LogP contribution in [0.2, 0.25) is 0 Å². The van der Waals surface area contributed by atoms with E-state index in [2.05, 4.69) is 28.2 Å². The van der Waals surface area contributed by atoms with E-state index in [1.807, 2.05) is 12.3 Å². The van der Waals surface area contributed by atoms with Gasteiger partial charge in [0.15, 0.2) is 0 Å². The average Bonchev–Trinajstić information content (AvgIpc) is 3.30. The SMILES string of the molecule is CCCCN(c1ncccc1CNCCOC)C1CC1. The molecular weight excluding hydrogens is 250 g/mol. The van der Waals surface area contributed by atoms with Gasteiger partial charge in [-0.05, 0) is 25.3 Å². The Morgan fingerprint density at radius 2 is 2.30 bits per heavy atom. The molecule has 4 nitrogen and oxygen atoms in total. The summed E-state index contributed by atoms with van der Waals surface area (Å²) in [5.74, 6) is 1.17. The summed E-state index contributed by atoms with van der Waals surface area (Å²) in [5, 5.41) is 3.42. The molecule has 20 heavy (non-hydrogen) atoms. The number of nitrogens with zero attached hydrogens (tertiary/aromatic N) is 2. The van der Waals surface area contributed by atoms with Crippen LogP contribution in [0.3, 0.4) is 0 Å². The minimum Gasteiger partial charge on any atom is -0.383 e. The molecule has 2 rings (SSSR count). The Morgan fingerprint density at radius 3 is 3.00 bits per heavy atom. The molecule has 0 bridgehead atoms. The largest absolute Gasteiger partial charge is 0.383 e. The fourth-order valence-electron chi connectivity index (χ4n) is 2.40. The Bertz CT molecular complexity index is 393. The molecule has 1 fully saturated rings. The molecule has 1 aliphatic rings. The molecule has 1 aromatic heterocycles. The van der Waals surface area contributed by atoms with Gasteiger partial charge in [0.05, 0.1) is 6.61 Å². The number of pyridine rings is 1. The summed E-state index contributed by atoms with van der Waals surface area (Å²) in [5.41, 5.74) is 1.30. The van der Waals surface area contributed by atoms with Crippen molar-refractivity contribution < 1.29 is 4.74 Å². The molecule has 0 aliphatic heterocycles. The van der Waals surface area contributed by atoms with Crippen LogP contribution in [0.5, 0.6) is 0 Å². The average molecular weight is 277 g/mol. The Balaban J connectivity index is 2.00. The number of hydrogen-bond donors (Lipinski definition) is 1. The standard InChI is InChI=1S/C16H27N3O/c1-3-4-11-19(15-7-8-15)16-14(6-5-9-18-16)13-17-10-12-20-2/h5-6,9,15,17H,3-4,7-8,10-13H2,1-2H3. The zero-order chi connectivity index (χ0) is 14.2. The molecular formula is C16H27N3O. The second-order valence-electron chi connectivity index (χ2n) is 5.43. The molecule has 1 N–H and O–H groups in total. The molecule has 0 aromatic carbocycles. The third-order valence-corrected chi connectivity index (χ3v) is 3.68. The van der Waals surface area contributed by atoms with Gasteiger partial charge in [-0.15, -0.1) is 0 Å². The van der Waals surface area contributed by atoms with Crippen molar-refractivity contribution in [2.24, 2.45) is 0 Å². The Kier molecular flexibility index (Phi) is 6.27. The second-order valence-corrected chi connectivity index (χ2v) is 5.43. The van der Waals surface area contributed by atoms with Gasteiger partial charge >= 0.3 is 0 Å². The molecule has 1 aromatic rings. The fourth-order valence-corrected chi connectivity index (χ4v) is 2.40. The Morgan fingerprint density at radius 1 is 1.45 bits per heavy atom. The summed E-state index contributed by atoms with van der Waals surface area (Å²) in [7, 11) is 1.73. The number of nitrogens with one attached hydrogen (secondary N) is 1. The van der Waals surface area contributed by atoms with Crippen LogP contribution in [-0.4, -0.2) is 37.8 Å². The van der Waals surface area contributed by atoms with E-state index in [-0.39, 0.29) is 0 Å². The van der Waals surface area contributed by atoms with Crippen LogP contribution in [0.15, 0.2) is 18.3 Å². The number of ether oxygens (including phenoxy) is 1. The highest BCUT2D eigenvalue weighted by Crippen LogP contribution is 2.32. The number of unbranched alkanes of at least 4 members (excludes halogenated alkanes) is 1. The lowest BCUT2D eigenvalue weighted by Crippen LogP contribution is -2.30. The van der Waals surface area contributed by atoms with Crippen LogP contribution in [0.1, 0.15) is 38.2 Å². The zero-order valence-electron chi connectivity index (χ0n) is 12.8. The van der Waals surface area contributed by atoms with Crippen molar-refractivity contribution in [3.05, 3.63) is 23.9 Å². The maximum absolute atomic E-state index is 5.07. The number of hydrogen-bond acceptors (Lipinski definition) is 4. The first kappa shape index (κ1) is 15.3. The van der Waals surface area contributed by atoms with Crippen molar-refractivity contribution in [3.63, 3.8) is 0 Å².